The molecule has 0 aromatic heterocycles. The van der Waals surface area contributed by atoms with E-state index in [4.69, 9.17) is 0 Å². The second-order valence-electron chi connectivity index (χ2n) is 4.48. The van der Waals surface area contributed by atoms with E-state index in [9.17, 15) is 17.6 Å². The lowest BCUT2D eigenvalue weighted by molar-refractivity contribution is 0.0945. The monoisotopic (exact) mass is 386 g/mol. The fourth-order valence-electron chi connectivity index (χ4n) is 1.71. The molecule has 1 amide bonds. The van der Waals surface area contributed by atoms with Crippen LogP contribution in [0.25, 0.3) is 0 Å². The molecule has 0 atom stereocenters. The number of sulfonamides is 1. The number of halogens is 2. The van der Waals surface area contributed by atoms with E-state index in [-0.39, 0.29) is 10.5 Å². The van der Waals surface area contributed by atoms with E-state index >= 15 is 0 Å². The molecule has 0 spiro atoms. The van der Waals surface area contributed by atoms with Crippen molar-refractivity contribution in [3.05, 3.63) is 63.9 Å². The first-order valence-electron chi connectivity index (χ1n) is 6.13. The molecule has 0 aliphatic carbocycles. The molecule has 5 nitrogen and oxygen atoms in total. The summed E-state index contributed by atoms with van der Waals surface area (Å²) in [5, 5.41) is 0. The summed E-state index contributed by atoms with van der Waals surface area (Å²) in [4.78, 5) is 13.9. The Kier molecular flexibility index (Phi) is 4.94. The Balaban J connectivity index is 2.14. The van der Waals surface area contributed by atoms with E-state index < -0.39 is 21.7 Å². The van der Waals surface area contributed by atoms with Crippen LogP contribution in [-0.2, 0) is 10.0 Å². The lowest BCUT2D eigenvalue weighted by atomic mass is 10.2. The smallest absolute Gasteiger partial charge is 0.266 e. The Bertz CT molecular complexity index is 807. The maximum absolute atomic E-state index is 12.8. The number of benzene rings is 2. The van der Waals surface area contributed by atoms with Crippen molar-refractivity contribution in [1.82, 2.24) is 10.3 Å². The summed E-state index contributed by atoms with van der Waals surface area (Å²) in [6.45, 7) is 1.64. The molecule has 0 aliphatic heterocycles. The number of carbonyl (C=O) groups is 1. The van der Waals surface area contributed by atoms with Gasteiger partial charge in [-0.25, -0.2) is 12.8 Å². The fraction of sp³-hybridized carbons (Fsp3) is 0.0714. The number of hydrazine groups is 1. The molecule has 0 bridgehead atoms. The Morgan fingerprint density at radius 1 is 1.14 bits per heavy atom. The Hall–Kier alpha value is -1.77. The first-order chi connectivity index (χ1) is 10.3. The summed E-state index contributed by atoms with van der Waals surface area (Å²) in [6, 6.07) is 9.52. The highest BCUT2D eigenvalue weighted by Crippen LogP contribution is 2.20. The highest BCUT2D eigenvalue weighted by atomic mass is 79.9. The number of amides is 1. The molecule has 22 heavy (non-hydrogen) atoms. The summed E-state index contributed by atoms with van der Waals surface area (Å²) in [7, 11) is -3.91. The van der Waals surface area contributed by atoms with Gasteiger partial charge in [-0.05, 0) is 48.9 Å². The summed E-state index contributed by atoms with van der Waals surface area (Å²) in [5.41, 5.74) is 2.76. The van der Waals surface area contributed by atoms with E-state index in [1.807, 2.05) is 4.83 Å². The largest absolute Gasteiger partial charge is 0.273 e. The van der Waals surface area contributed by atoms with Gasteiger partial charge in [0.1, 0.15) is 5.82 Å². The molecule has 0 radical (unpaired) electrons. The average molecular weight is 387 g/mol. The van der Waals surface area contributed by atoms with Crippen LogP contribution in [0, 0.1) is 12.7 Å². The van der Waals surface area contributed by atoms with Crippen LogP contribution < -0.4 is 10.3 Å². The molecule has 2 aromatic carbocycles. The third-order valence-corrected chi connectivity index (χ3v) is 4.73. The molecule has 2 N–H and O–H groups in total. The lowest BCUT2D eigenvalue weighted by Crippen LogP contribution is -2.41. The van der Waals surface area contributed by atoms with E-state index in [0.717, 1.165) is 12.1 Å². The van der Waals surface area contributed by atoms with Crippen molar-refractivity contribution in [1.29, 1.82) is 0 Å². The van der Waals surface area contributed by atoms with Crippen molar-refractivity contribution in [3.63, 3.8) is 0 Å². The standard InChI is InChI=1S/C14H12BrFN2O3S/c1-9-2-5-11(15)8-13(9)22(20,21)18-17-14(19)10-3-6-12(16)7-4-10/h2-8,18H,1H3,(H,17,19). The first-order valence-corrected chi connectivity index (χ1v) is 8.41. The fourth-order valence-corrected chi connectivity index (χ4v) is 3.33. The topological polar surface area (TPSA) is 75.3 Å². The van der Waals surface area contributed by atoms with Gasteiger partial charge in [-0.2, -0.15) is 0 Å². The second kappa shape index (κ2) is 6.55. The highest BCUT2D eigenvalue weighted by molar-refractivity contribution is 9.10. The normalized spacial score (nSPS) is 11.2. The number of rotatable bonds is 4. The third-order valence-electron chi connectivity index (χ3n) is 2.85. The zero-order valence-electron chi connectivity index (χ0n) is 11.4. The van der Waals surface area contributed by atoms with Crippen LogP contribution in [0.4, 0.5) is 4.39 Å². The van der Waals surface area contributed by atoms with Crippen LogP contribution >= 0.6 is 15.9 Å². The molecule has 2 rings (SSSR count). The van der Waals surface area contributed by atoms with Gasteiger partial charge in [0.05, 0.1) is 4.90 Å². The van der Waals surface area contributed by atoms with Crippen molar-refractivity contribution in [2.24, 2.45) is 0 Å². The molecule has 0 aliphatic rings. The second-order valence-corrected chi connectivity index (χ2v) is 7.04. The molecule has 8 heteroatoms. The summed E-state index contributed by atoms with van der Waals surface area (Å²) in [5.74, 6) is -1.17. The summed E-state index contributed by atoms with van der Waals surface area (Å²) >= 11 is 3.20. The number of nitrogens with one attached hydrogen (secondary N) is 2. The zero-order valence-corrected chi connectivity index (χ0v) is 13.8. The molecule has 2 aromatic rings. The van der Waals surface area contributed by atoms with Crippen molar-refractivity contribution < 1.29 is 17.6 Å². The summed E-state index contributed by atoms with van der Waals surface area (Å²) < 4.78 is 37.8. The molecule has 116 valence electrons. The Morgan fingerprint density at radius 3 is 2.41 bits per heavy atom. The van der Waals surface area contributed by atoms with E-state index in [2.05, 4.69) is 21.4 Å². The van der Waals surface area contributed by atoms with Crippen molar-refractivity contribution in [2.75, 3.05) is 0 Å². The first kappa shape index (κ1) is 16.6. The molecular formula is C14H12BrFN2O3S. The summed E-state index contributed by atoms with van der Waals surface area (Å²) in [6.07, 6.45) is 0. The van der Waals surface area contributed by atoms with Gasteiger partial charge in [-0.15, -0.1) is 4.83 Å². The van der Waals surface area contributed by atoms with Crippen LogP contribution in [0.5, 0.6) is 0 Å². The maximum Gasteiger partial charge on any atom is 0.266 e. The number of hydrogen-bond acceptors (Lipinski definition) is 3. The molecular weight excluding hydrogens is 375 g/mol. The van der Waals surface area contributed by atoms with Crippen molar-refractivity contribution in [2.45, 2.75) is 11.8 Å². The highest BCUT2D eigenvalue weighted by Gasteiger charge is 2.18. The maximum atomic E-state index is 12.8. The lowest BCUT2D eigenvalue weighted by Gasteiger charge is -2.11. The van der Waals surface area contributed by atoms with Gasteiger partial charge < -0.3 is 0 Å². The van der Waals surface area contributed by atoms with E-state index in [1.165, 1.54) is 18.2 Å². The molecule has 0 unspecified atom stereocenters. The van der Waals surface area contributed by atoms with Gasteiger partial charge >= 0.3 is 0 Å². The molecule has 0 heterocycles. The molecule has 0 saturated heterocycles. The Labute approximate surface area is 135 Å². The quantitative estimate of drug-likeness (QED) is 0.792. The van der Waals surface area contributed by atoms with Crippen LogP contribution in [0.15, 0.2) is 51.8 Å². The van der Waals surface area contributed by atoms with E-state index in [1.54, 1.807) is 19.1 Å². The zero-order chi connectivity index (χ0) is 16.3. The van der Waals surface area contributed by atoms with Crippen molar-refractivity contribution >= 4 is 31.9 Å². The van der Waals surface area contributed by atoms with Crippen molar-refractivity contribution in [3.8, 4) is 0 Å². The van der Waals surface area contributed by atoms with Gasteiger partial charge in [0, 0.05) is 10.0 Å². The Morgan fingerprint density at radius 2 is 1.77 bits per heavy atom. The molecule has 0 saturated carbocycles. The van der Waals surface area contributed by atoms with Crippen LogP contribution in [-0.4, -0.2) is 14.3 Å². The SMILES string of the molecule is Cc1ccc(Br)cc1S(=O)(=O)NNC(=O)c1ccc(F)cc1. The van der Waals surface area contributed by atoms with Gasteiger partial charge in [0.2, 0.25) is 0 Å². The van der Waals surface area contributed by atoms with E-state index in [0.29, 0.717) is 10.0 Å². The molecule has 0 fully saturated rings. The van der Waals surface area contributed by atoms with Crippen LogP contribution in [0.3, 0.4) is 0 Å². The number of hydrogen-bond donors (Lipinski definition) is 2. The third kappa shape index (κ3) is 3.90. The predicted octanol–water partition coefficient (Wildman–Crippen LogP) is 2.52. The minimum Gasteiger partial charge on any atom is -0.273 e. The minimum absolute atomic E-state index is 0.0429. The van der Waals surface area contributed by atoms with Gasteiger partial charge in [-0.3, -0.25) is 10.2 Å². The predicted molar refractivity (Wildman–Crippen MR) is 83.1 cm³/mol. The average Bonchev–Trinajstić information content (AvgIpc) is 2.48. The van der Waals surface area contributed by atoms with Gasteiger partial charge in [0.15, 0.2) is 0 Å². The van der Waals surface area contributed by atoms with Gasteiger partial charge in [-0.1, -0.05) is 22.0 Å². The number of carbonyl (C=O) groups excluding carboxylic acids is 1. The minimum atomic E-state index is -3.91. The van der Waals surface area contributed by atoms with Crippen LogP contribution in [0.1, 0.15) is 15.9 Å². The van der Waals surface area contributed by atoms with Gasteiger partial charge in [0.25, 0.3) is 15.9 Å². The number of aryl methyl sites for hydroxylation is 1. The van der Waals surface area contributed by atoms with Crippen LogP contribution in [0.2, 0.25) is 0 Å².